The Kier molecular flexibility index (Phi) is 7.53. The Bertz CT molecular complexity index is 944. The number of nitrogens with one attached hydrogen (secondary N) is 2. The number of para-hydroxylation sites is 1. The summed E-state index contributed by atoms with van der Waals surface area (Å²) in [5, 5.41) is 10.7. The van der Waals surface area contributed by atoms with Crippen molar-refractivity contribution in [3.05, 3.63) is 54.1 Å². The van der Waals surface area contributed by atoms with Gasteiger partial charge in [-0.05, 0) is 36.8 Å². The molecule has 0 aliphatic heterocycles. The van der Waals surface area contributed by atoms with Crippen LogP contribution in [0.3, 0.4) is 0 Å². The van der Waals surface area contributed by atoms with Crippen molar-refractivity contribution in [3.63, 3.8) is 0 Å². The van der Waals surface area contributed by atoms with Crippen LogP contribution in [-0.2, 0) is 19.6 Å². The highest BCUT2D eigenvalue weighted by Crippen LogP contribution is 2.17. The minimum Gasteiger partial charge on any atom is -0.452 e. The summed E-state index contributed by atoms with van der Waals surface area (Å²) < 4.78 is 27.8. The third kappa shape index (κ3) is 6.36. The van der Waals surface area contributed by atoms with Crippen LogP contribution in [0.2, 0.25) is 0 Å². The van der Waals surface area contributed by atoms with Crippen LogP contribution in [0.15, 0.2) is 53.4 Å². The number of nitrogens with two attached hydrogens (primary N) is 1. The molecule has 0 spiro atoms. The maximum absolute atomic E-state index is 12.3. The predicted molar refractivity (Wildman–Crippen MR) is 107 cm³/mol. The third-order valence-corrected chi connectivity index (χ3v) is 4.68. The fourth-order valence-corrected chi connectivity index (χ4v) is 2.93. The van der Waals surface area contributed by atoms with Gasteiger partial charge >= 0.3 is 5.97 Å². The molecule has 0 heterocycles. The summed E-state index contributed by atoms with van der Waals surface area (Å²) in [6, 6.07) is 12.4. The van der Waals surface area contributed by atoms with Crippen molar-refractivity contribution in [2.24, 2.45) is 5.14 Å². The molecule has 8 nitrogen and oxygen atoms in total. The van der Waals surface area contributed by atoms with E-state index in [0.29, 0.717) is 11.3 Å². The van der Waals surface area contributed by atoms with Crippen molar-refractivity contribution in [2.75, 3.05) is 23.8 Å². The lowest BCUT2D eigenvalue weighted by Gasteiger charge is -2.11. The van der Waals surface area contributed by atoms with Crippen LogP contribution in [0.4, 0.5) is 11.4 Å². The highest BCUT2D eigenvalue weighted by Gasteiger charge is 2.15. The van der Waals surface area contributed by atoms with E-state index < -0.39 is 28.5 Å². The molecule has 0 aromatic heterocycles. The lowest BCUT2D eigenvalue weighted by molar-refractivity contribution is -0.119. The van der Waals surface area contributed by atoms with Gasteiger partial charge in [-0.1, -0.05) is 31.5 Å². The Morgan fingerprint density at radius 2 is 1.86 bits per heavy atom. The number of primary sulfonamides is 1. The molecule has 0 bridgehead atoms. The van der Waals surface area contributed by atoms with Gasteiger partial charge in [0.25, 0.3) is 5.91 Å². The number of benzene rings is 2. The number of hydrogen-bond donors (Lipinski definition) is 3. The topological polar surface area (TPSA) is 128 Å². The molecule has 0 aliphatic carbocycles. The number of hydrogen-bond acceptors (Lipinski definition) is 6. The maximum atomic E-state index is 12.3. The maximum Gasteiger partial charge on any atom is 0.340 e. The summed E-state index contributed by atoms with van der Waals surface area (Å²) in [5.41, 5.74) is 1.21. The van der Waals surface area contributed by atoms with Crippen molar-refractivity contribution in [2.45, 2.75) is 24.7 Å². The second-order valence-electron chi connectivity index (χ2n) is 6.02. The molecular weight excluding hydrogens is 382 g/mol. The second kappa shape index (κ2) is 9.86. The molecule has 4 N–H and O–H groups in total. The van der Waals surface area contributed by atoms with E-state index >= 15 is 0 Å². The van der Waals surface area contributed by atoms with Crippen molar-refractivity contribution in [1.29, 1.82) is 0 Å². The van der Waals surface area contributed by atoms with Gasteiger partial charge in [0.1, 0.15) is 0 Å². The molecule has 2 rings (SSSR count). The number of carbonyl (C=O) groups excluding carboxylic acids is 2. The van der Waals surface area contributed by atoms with Gasteiger partial charge in [0.05, 0.1) is 10.5 Å². The lowest BCUT2D eigenvalue weighted by atomic mass is 10.1. The monoisotopic (exact) mass is 405 g/mol. The highest BCUT2D eigenvalue weighted by atomic mass is 32.2. The quantitative estimate of drug-likeness (QED) is 0.434. The van der Waals surface area contributed by atoms with E-state index in [4.69, 9.17) is 9.88 Å². The summed E-state index contributed by atoms with van der Waals surface area (Å²) in [6.45, 7) is 2.28. The first-order chi connectivity index (χ1) is 13.3. The van der Waals surface area contributed by atoms with E-state index in [1.807, 2.05) is 0 Å². The molecule has 0 aliphatic rings. The van der Waals surface area contributed by atoms with Crippen LogP contribution in [0.5, 0.6) is 0 Å². The SMILES string of the molecule is CCCCNc1ccccc1C(=O)OCC(=O)Nc1cccc(S(N)(=O)=O)c1. The van der Waals surface area contributed by atoms with Crippen LogP contribution >= 0.6 is 0 Å². The molecule has 0 unspecified atom stereocenters. The van der Waals surface area contributed by atoms with Gasteiger partial charge in [-0.15, -0.1) is 0 Å². The van der Waals surface area contributed by atoms with E-state index in [2.05, 4.69) is 17.6 Å². The van der Waals surface area contributed by atoms with Crippen molar-refractivity contribution >= 4 is 33.3 Å². The lowest BCUT2D eigenvalue weighted by Crippen LogP contribution is -2.22. The number of carbonyl (C=O) groups is 2. The Balaban J connectivity index is 1.95. The number of unbranched alkanes of at least 4 members (excludes halogenated alkanes) is 1. The first-order valence-corrected chi connectivity index (χ1v) is 10.3. The van der Waals surface area contributed by atoms with Crippen LogP contribution in [0.25, 0.3) is 0 Å². The smallest absolute Gasteiger partial charge is 0.340 e. The number of amides is 1. The van der Waals surface area contributed by atoms with E-state index in [1.54, 1.807) is 24.3 Å². The van der Waals surface area contributed by atoms with Gasteiger partial charge in [-0.3, -0.25) is 4.79 Å². The van der Waals surface area contributed by atoms with Crippen molar-refractivity contribution < 1.29 is 22.7 Å². The number of anilines is 2. The minimum atomic E-state index is -3.88. The van der Waals surface area contributed by atoms with Gasteiger partial charge in [0.2, 0.25) is 10.0 Å². The van der Waals surface area contributed by atoms with Gasteiger partial charge < -0.3 is 15.4 Å². The molecule has 0 atom stereocenters. The van der Waals surface area contributed by atoms with E-state index in [1.165, 1.54) is 24.3 Å². The number of sulfonamides is 1. The predicted octanol–water partition coefficient (Wildman–Crippen LogP) is 2.34. The molecule has 150 valence electrons. The molecule has 0 saturated carbocycles. The summed E-state index contributed by atoms with van der Waals surface area (Å²) in [5.74, 6) is -1.23. The fourth-order valence-electron chi connectivity index (χ4n) is 2.37. The zero-order valence-corrected chi connectivity index (χ0v) is 16.3. The van der Waals surface area contributed by atoms with E-state index in [-0.39, 0.29) is 10.6 Å². The largest absolute Gasteiger partial charge is 0.452 e. The molecule has 2 aromatic rings. The van der Waals surface area contributed by atoms with Gasteiger partial charge in [-0.25, -0.2) is 18.4 Å². The molecule has 1 amide bonds. The fraction of sp³-hybridized carbons (Fsp3) is 0.263. The van der Waals surface area contributed by atoms with Crippen LogP contribution < -0.4 is 15.8 Å². The highest BCUT2D eigenvalue weighted by molar-refractivity contribution is 7.89. The van der Waals surface area contributed by atoms with Crippen LogP contribution in [0, 0.1) is 0 Å². The van der Waals surface area contributed by atoms with Crippen molar-refractivity contribution in [3.8, 4) is 0 Å². The first-order valence-electron chi connectivity index (χ1n) is 8.74. The Labute approximate surface area is 164 Å². The minimum absolute atomic E-state index is 0.130. The first kappa shape index (κ1) is 21.4. The zero-order chi connectivity index (χ0) is 20.6. The Hall–Kier alpha value is -2.91. The molecule has 2 aromatic carbocycles. The molecule has 0 fully saturated rings. The summed E-state index contributed by atoms with van der Waals surface area (Å²) in [4.78, 5) is 24.2. The molecule has 0 saturated heterocycles. The summed E-state index contributed by atoms with van der Waals surface area (Å²) >= 11 is 0. The van der Waals surface area contributed by atoms with E-state index in [9.17, 15) is 18.0 Å². The standard InChI is InChI=1S/C19H23N3O5S/c1-2-3-11-21-17-10-5-4-9-16(17)19(24)27-13-18(23)22-14-7-6-8-15(12-14)28(20,25)26/h4-10,12,21H,2-3,11,13H2,1H3,(H,22,23)(H2,20,25,26). The van der Waals surface area contributed by atoms with Crippen LogP contribution in [-0.4, -0.2) is 33.4 Å². The van der Waals surface area contributed by atoms with E-state index in [0.717, 1.165) is 19.4 Å². The van der Waals surface area contributed by atoms with Gasteiger partial charge in [0, 0.05) is 17.9 Å². The number of rotatable bonds is 9. The Morgan fingerprint density at radius 3 is 2.57 bits per heavy atom. The average molecular weight is 405 g/mol. The van der Waals surface area contributed by atoms with Gasteiger partial charge in [0.15, 0.2) is 6.61 Å². The normalized spacial score (nSPS) is 10.9. The van der Waals surface area contributed by atoms with Crippen molar-refractivity contribution in [1.82, 2.24) is 0 Å². The molecular formula is C19H23N3O5S. The Morgan fingerprint density at radius 1 is 1.11 bits per heavy atom. The number of esters is 1. The summed E-state index contributed by atoms with van der Waals surface area (Å²) in [6.07, 6.45) is 1.98. The van der Waals surface area contributed by atoms with Gasteiger partial charge in [-0.2, -0.15) is 0 Å². The summed E-state index contributed by atoms with van der Waals surface area (Å²) in [7, 11) is -3.88. The van der Waals surface area contributed by atoms with Crippen LogP contribution in [0.1, 0.15) is 30.1 Å². The molecule has 0 radical (unpaired) electrons. The number of ether oxygens (including phenoxy) is 1. The zero-order valence-electron chi connectivity index (χ0n) is 15.5. The second-order valence-corrected chi connectivity index (χ2v) is 7.58. The third-order valence-electron chi connectivity index (χ3n) is 3.77. The average Bonchev–Trinajstić information content (AvgIpc) is 2.66. The molecule has 28 heavy (non-hydrogen) atoms. The molecule has 9 heteroatoms.